The van der Waals surface area contributed by atoms with Gasteiger partial charge in [0, 0.05) is 0 Å². The van der Waals surface area contributed by atoms with Crippen molar-refractivity contribution in [3.8, 4) is 0 Å². The molecule has 110 valence electrons. The van der Waals surface area contributed by atoms with Crippen LogP contribution in [0.4, 0.5) is 0 Å². The Labute approximate surface area is 126 Å². The van der Waals surface area contributed by atoms with Crippen molar-refractivity contribution in [3.63, 3.8) is 0 Å². The Hall–Kier alpha value is -1.53. The van der Waals surface area contributed by atoms with Gasteiger partial charge in [0.2, 0.25) is 5.91 Å². The smallest absolute Gasteiger partial charge is 0.257 e. The van der Waals surface area contributed by atoms with Gasteiger partial charge in [0.25, 0.3) is 5.22 Å². The van der Waals surface area contributed by atoms with Gasteiger partial charge in [-0.2, -0.15) is 0 Å². The van der Waals surface area contributed by atoms with Crippen molar-refractivity contribution < 1.29 is 14.3 Å². The minimum atomic E-state index is -0.613. The van der Waals surface area contributed by atoms with Crippen LogP contribution in [-0.2, 0) is 4.79 Å². The predicted octanol–water partition coefficient (Wildman–Crippen LogP) is 1.90. The molecule has 1 aromatic heterocycles. The van der Waals surface area contributed by atoms with Gasteiger partial charge in [-0.1, -0.05) is 23.9 Å². The van der Waals surface area contributed by atoms with Crippen LogP contribution in [0.25, 0.3) is 11.1 Å². The molecule has 2 fully saturated rings. The van der Waals surface area contributed by atoms with Crippen LogP contribution in [0.2, 0.25) is 0 Å². The number of thioether (sulfide) groups is 1. The van der Waals surface area contributed by atoms with Crippen molar-refractivity contribution in [2.24, 2.45) is 5.92 Å². The largest absolute Gasteiger partial charge is 0.431 e. The quantitative estimate of drug-likeness (QED) is 0.874. The summed E-state index contributed by atoms with van der Waals surface area (Å²) < 4.78 is 5.57. The Morgan fingerprint density at radius 3 is 2.90 bits per heavy atom. The molecule has 1 aliphatic heterocycles. The summed E-state index contributed by atoms with van der Waals surface area (Å²) in [6.45, 7) is 0.954. The molecule has 4 rings (SSSR count). The standard InChI is InChI=1S/C15H16N2O3S/c18-13(17-8-15(19,9-17)10-5-6-10)7-21-14-16-11-3-1-2-4-12(11)20-14/h1-4,10,19H,5-9H2. The third-order valence-electron chi connectivity index (χ3n) is 4.21. The van der Waals surface area contributed by atoms with Crippen molar-refractivity contribution in [1.29, 1.82) is 0 Å². The summed E-state index contributed by atoms with van der Waals surface area (Å²) in [5.41, 5.74) is 0.928. The second kappa shape index (κ2) is 4.74. The highest BCUT2D eigenvalue weighted by molar-refractivity contribution is 7.99. The van der Waals surface area contributed by atoms with E-state index in [9.17, 15) is 9.90 Å². The monoisotopic (exact) mass is 304 g/mol. The van der Waals surface area contributed by atoms with Gasteiger partial charge in [-0.15, -0.1) is 0 Å². The van der Waals surface area contributed by atoms with Crippen LogP contribution in [0, 0.1) is 5.92 Å². The molecule has 0 unspecified atom stereocenters. The van der Waals surface area contributed by atoms with E-state index in [1.54, 1.807) is 4.90 Å². The number of oxazole rings is 1. The number of β-amino-alcohol motifs (C(OH)–C–C–N with tert-alkyl or cyclic N) is 1. The van der Waals surface area contributed by atoms with Crippen LogP contribution >= 0.6 is 11.8 Å². The van der Waals surface area contributed by atoms with E-state index in [-0.39, 0.29) is 5.91 Å². The number of hydrogen-bond acceptors (Lipinski definition) is 5. The summed E-state index contributed by atoms with van der Waals surface area (Å²) in [4.78, 5) is 18.1. The molecule has 1 amide bonds. The minimum Gasteiger partial charge on any atom is -0.431 e. The highest BCUT2D eigenvalue weighted by Gasteiger charge is 2.53. The Balaban J connectivity index is 1.33. The number of amides is 1. The van der Waals surface area contributed by atoms with E-state index in [0.717, 1.165) is 23.9 Å². The summed E-state index contributed by atoms with van der Waals surface area (Å²) in [6.07, 6.45) is 2.19. The van der Waals surface area contributed by atoms with Gasteiger partial charge >= 0.3 is 0 Å². The lowest BCUT2D eigenvalue weighted by Crippen LogP contribution is -2.65. The number of benzene rings is 1. The first-order valence-electron chi connectivity index (χ1n) is 7.13. The highest BCUT2D eigenvalue weighted by atomic mass is 32.2. The number of carbonyl (C=O) groups excluding carboxylic acids is 1. The Morgan fingerprint density at radius 1 is 1.43 bits per heavy atom. The molecule has 0 radical (unpaired) electrons. The lowest BCUT2D eigenvalue weighted by Gasteiger charge is -2.46. The fourth-order valence-corrected chi connectivity index (χ4v) is 3.54. The van der Waals surface area contributed by atoms with Gasteiger partial charge in [0.15, 0.2) is 5.58 Å². The first-order chi connectivity index (χ1) is 10.1. The zero-order valence-electron chi connectivity index (χ0n) is 11.5. The zero-order chi connectivity index (χ0) is 14.4. The second-order valence-electron chi connectivity index (χ2n) is 5.86. The molecule has 2 aliphatic rings. The van der Waals surface area contributed by atoms with Gasteiger partial charge in [-0.3, -0.25) is 4.79 Å². The molecule has 21 heavy (non-hydrogen) atoms. The number of likely N-dealkylation sites (tertiary alicyclic amines) is 1. The molecule has 1 saturated carbocycles. The van der Waals surface area contributed by atoms with Crippen LogP contribution in [0.5, 0.6) is 0 Å². The van der Waals surface area contributed by atoms with E-state index < -0.39 is 5.60 Å². The first kappa shape index (κ1) is 13.2. The van der Waals surface area contributed by atoms with Gasteiger partial charge < -0.3 is 14.4 Å². The lowest BCUT2D eigenvalue weighted by molar-refractivity contribution is -0.156. The molecular weight excluding hydrogens is 288 g/mol. The highest BCUT2D eigenvalue weighted by Crippen LogP contribution is 2.44. The molecule has 5 nitrogen and oxygen atoms in total. The number of rotatable bonds is 4. The summed E-state index contributed by atoms with van der Waals surface area (Å²) in [7, 11) is 0. The molecule has 1 aliphatic carbocycles. The Morgan fingerprint density at radius 2 is 2.19 bits per heavy atom. The van der Waals surface area contributed by atoms with Gasteiger partial charge in [0.1, 0.15) is 11.1 Å². The Bertz CT molecular complexity index is 656. The van der Waals surface area contributed by atoms with E-state index >= 15 is 0 Å². The summed E-state index contributed by atoms with van der Waals surface area (Å²) in [5, 5.41) is 10.7. The maximum absolute atomic E-state index is 12.1. The summed E-state index contributed by atoms with van der Waals surface area (Å²) in [5.74, 6) is 0.743. The van der Waals surface area contributed by atoms with Gasteiger partial charge in [-0.25, -0.2) is 4.98 Å². The molecule has 0 spiro atoms. The van der Waals surface area contributed by atoms with E-state index in [4.69, 9.17) is 4.42 Å². The average Bonchev–Trinajstić information content (AvgIpc) is 3.21. The van der Waals surface area contributed by atoms with Crippen molar-refractivity contribution >= 4 is 28.8 Å². The fraction of sp³-hybridized carbons (Fsp3) is 0.467. The number of aromatic nitrogens is 1. The molecule has 1 saturated heterocycles. The third-order valence-corrected chi connectivity index (χ3v) is 5.03. The minimum absolute atomic E-state index is 0.0348. The Kier molecular flexibility index (Phi) is 2.97. The van der Waals surface area contributed by atoms with E-state index in [1.165, 1.54) is 11.8 Å². The van der Waals surface area contributed by atoms with Crippen molar-refractivity contribution in [3.05, 3.63) is 24.3 Å². The maximum Gasteiger partial charge on any atom is 0.257 e. The number of aliphatic hydroxyl groups is 1. The zero-order valence-corrected chi connectivity index (χ0v) is 12.3. The fourth-order valence-electron chi connectivity index (χ4n) is 2.80. The summed E-state index contributed by atoms with van der Waals surface area (Å²) in [6, 6.07) is 7.55. The van der Waals surface area contributed by atoms with Gasteiger partial charge in [-0.05, 0) is 30.9 Å². The molecule has 0 bridgehead atoms. The van der Waals surface area contributed by atoms with Crippen LogP contribution < -0.4 is 0 Å². The number of fused-ring (bicyclic) bond motifs is 1. The third kappa shape index (κ3) is 2.42. The lowest BCUT2D eigenvalue weighted by atomic mass is 9.89. The molecule has 6 heteroatoms. The predicted molar refractivity (Wildman–Crippen MR) is 79.0 cm³/mol. The number of para-hydroxylation sites is 2. The van der Waals surface area contributed by atoms with E-state index in [0.29, 0.717) is 30.0 Å². The first-order valence-corrected chi connectivity index (χ1v) is 8.11. The summed E-state index contributed by atoms with van der Waals surface area (Å²) >= 11 is 1.31. The number of nitrogens with zero attached hydrogens (tertiary/aromatic N) is 2. The van der Waals surface area contributed by atoms with Crippen LogP contribution in [0.15, 0.2) is 33.9 Å². The molecule has 2 aromatic rings. The van der Waals surface area contributed by atoms with Crippen molar-refractivity contribution in [1.82, 2.24) is 9.88 Å². The topological polar surface area (TPSA) is 66.6 Å². The molecular formula is C15H16N2O3S. The van der Waals surface area contributed by atoms with E-state index in [2.05, 4.69) is 4.98 Å². The second-order valence-corrected chi connectivity index (χ2v) is 6.79. The van der Waals surface area contributed by atoms with Crippen LogP contribution in [-0.4, -0.2) is 45.3 Å². The molecule has 2 heterocycles. The maximum atomic E-state index is 12.1. The van der Waals surface area contributed by atoms with Crippen molar-refractivity contribution in [2.45, 2.75) is 23.7 Å². The normalized spacial score (nSPS) is 20.5. The molecule has 1 aromatic carbocycles. The van der Waals surface area contributed by atoms with Crippen molar-refractivity contribution in [2.75, 3.05) is 18.8 Å². The van der Waals surface area contributed by atoms with E-state index in [1.807, 2.05) is 24.3 Å². The van der Waals surface area contributed by atoms with Gasteiger partial charge in [0.05, 0.1) is 18.8 Å². The number of hydrogen-bond donors (Lipinski definition) is 1. The SMILES string of the molecule is O=C(CSc1nc2ccccc2o1)N1CC(O)(C2CC2)C1. The molecule has 1 N–H and O–H groups in total. The number of carbonyl (C=O) groups is 1. The molecule has 0 atom stereocenters. The van der Waals surface area contributed by atoms with Crippen LogP contribution in [0.3, 0.4) is 0 Å². The van der Waals surface area contributed by atoms with Crippen LogP contribution in [0.1, 0.15) is 12.8 Å². The average molecular weight is 304 g/mol.